The highest BCUT2D eigenvalue weighted by Crippen LogP contribution is 2.05. The Morgan fingerprint density at radius 3 is 2.71 bits per heavy atom. The minimum atomic E-state index is -1.21. The quantitative estimate of drug-likeness (QED) is 0.700. The van der Waals surface area contributed by atoms with Crippen LogP contribution in [0.15, 0.2) is 28.5 Å². The first-order chi connectivity index (χ1) is 6.59. The minimum Gasteiger partial charge on any atom is -0.477 e. The summed E-state index contributed by atoms with van der Waals surface area (Å²) < 4.78 is 4.90. The van der Waals surface area contributed by atoms with Crippen molar-refractivity contribution in [2.75, 3.05) is 0 Å². The number of amides is 1. The van der Waals surface area contributed by atoms with E-state index in [1.54, 1.807) is 12.1 Å². The molecule has 5 nitrogen and oxygen atoms in total. The summed E-state index contributed by atoms with van der Waals surface area (Å²) in [6, 6.07) is 3.21. The van der Waals surface area contributed by atoms with Crippen molar-refractivity contribution in [3.8, 4) is 0 Å². The van der Waals surface area contributed by atoms with Crippen molar-refractivity contribution in [1.29, 1.82) is 0 Å². The number of hydrogen-bond acceptors (Lipinski definition) is 3. The molecule has 14 heavy (non-hydrogen) atoms. The van der Waals surface area contributed by atoms with Crippen LogP contribution >= 0.6 is 0 Å². The molecule has 0 aliphatic rings. The lowest BCUT2D eigenvalue weighted by atomic mass is 10.3. The average Bonchev–Trinajstić information content (AvgIpc) is 2.54. The SMILES string of the molecule is CC(=O)N/C(=C/c1ccco1)C(=O)O. The summed E-state index contributed by atoms with van der Waals surface area (Å²) in [6.45, 7) is 1.24. The summed E-state index contributed by atoms with van der Waals surface area (Å²) in [7, 11) is 0. The number of furan rings is 1. The van der Waals surface area contributed by atoms with Gasteiger partial charge in [0.1, 0.15) is 11.5 Å². The molecule has 1 amide bonds. The van der Waals surface area contributed by atoms with Crippen molar-refractivity contribution in [2.24, 2.45) is 0 Å². The minimum absolute atomic E-state index is 0.215. The Morgan fingerprint density at radius 2 is 2.29 bits per heavy atom. The third-order valence-corrected chi connectivity index (χ3v) is 1.37. The van der Waals surface area contributed by atoms with Crippen LogP contribution in [0.5, 0.6) is 0 Å². The number of rotatable bonds is 3. The van der Waals surface area contributed by atoms with Crippen molar-refractivity contribution in [2.45, 2.75) is 6.92 Å². The Labute approximate surface area is 80.0 Å². The summed E-state index contributed by atoms with van der Waals surface area (Å²) in [5.41, 5.74) is -0.215. The van der Waals surface area contributed by atoms with Gasteiger partial charge < -0.3 is 14.8 Å². The summed E-state index contributed by atoms with van der Waals surface area (Å²) >= 11 is 0. The van der Waals surface area contributed by atoms with Gasteiger partial charge in [-0.3, -0.25) is 4.79 Å². The maximum atomic E-state index is 10.6. The molecule has 0 atom stereocenters. The second kappa shape index (κ2) is 4.27. The van der Waals surface area contributed by atoms with Crippen LogP contribution in [0.4, 0.5) is 0 Å². The van der Waals surface area contributed by atoms with Crippen LogP contribution < -0.4 is 5.32 Å². The molecule has 0 spiro atoms. The largest absolute Gasteiger partial charge is 0.477 e. The lowest BCUT2D eigenvalue weighted by molar-refractivity contribution is -0.134. The topological polar surface area (TPSA) is 79.5 Å². The van der Waals surface area contributed by atoms with Crippen molar-refractivity contribution < 1.29 is 19.1 Å². The third kappa shape index (κ3) is 2.78. The maximum Gasteiger partial charge on any atom is 0.352 e. The number of hydrogen-bond donors (Lipinski definition) is 2. The van der Waals surface area contributed by atoms with Crippen molar-refractivity contribution in [3.63, 3.8) is 0 Å². The molecule has 0 saturated carbocycles. The van der Waals surface area contributed by atoms with E-state index in [9.17, 15) is 9.59 Å². The molecule has 1 heterocycles. The van der Waals surface area contributed by atoms with Crippen molar-refractivity contribution >= 4 is 18.0 Å². The van der Waals surface area contributed by atoms with Gasteiger partial charge in [0.2, 0.25) is 5.91 Å². The molecule has 1 aromatic heterocycles. The molecule has 0 fully saturated rings. The van der Waals surface area contributed by atoms with Gasteiger partial charge in [-0.1, -0.05) is 0 Å². The smallest absolute Gasteiger partial charge is 0.352 e. The number of aliphatic carboxylic acids is 1. The van der Waals surface area contributed by atoms with Crippen LogP contribution in [-0.4, -0.2) is 17.0 Å². The molecule has 0 saturated heterocycles. The molecule has 0 aliphatic heterocycles. The van der Waals surface area contributed by atoms with E-state index in [0.29, 0.717) is 5.76 Å². The summed E-state index contributed by atoms with van der Waals surface area (Å²) in [6.07, 6.45) is 2.66. The van der Waals surface area contributed by atoms with Gasteiger partial charge in [0.05, 0.1) is 6.26 Å². The fraction of sp³-hybridized carbons (Fsp3) is 0.111. The van der Waals surface area contributed by atoms with Gasteiger partial charge in [-0.15, -0.1) is 0 Å². The highest BCUT2D eigenvalue weighted by Gasteiger charge is 2.09. The van der Waals surface area contributed by atoms with E-state index in [4.69, 9.17) is 9.52 Å². The molecular formula is C9H9NO4. The van der Waals surface area contributed by atoms with E-state index in [2.05, 4.69) is 5.32 Å². The lowest BCUT2D eigenvalue weighted by Gasteiger charge is -2.00. The van der Waals surface area contributed by atoms with Crippen molar-refractivity contribution in [1.82, 2.24) is 5.32 Å². The molecule has 0 unspecified atom stereocenters. The first-order valence-corrected chi connectivity index (χ1v) is 3.85. The zero-order valence-electron chi connectivity index (χ0n) is 7.48. The number of carboxylic acids is 1. The molecule has 2 N–H and O–H groups in total. The summed E-state index contributed by atoms with van der Waals surface area (Å²) in [5.74, 6) is -1.28. The van der Waals surface area contributed by atoms with Crippen LogP contribution in [0.1, 0.15) is 12.7 Å². The molecular weight excluding hydrogens is 186 g/mol. The number of carboxylic acid groups (broad SMARTS) is 1. The Balaban J connectivity index is 2.88. The molecule has 0 radical (unpaired) electrons. The summed E-state index contributed by atoms with van der Waals surface area (Å²) in [5, 5.41) is 10.9. The predicted octanol–water partition coefficient (Wildman–Crippen LogP) is 0.841. The number of carbonyl (C=O) groups is 2. The van der Waals surface area contributed by atoms with Crippen LogP contribution in [0, 0.1) is 0 Å². The van der Waals surface area contributed by atoms with E-state index in [-0.39, 0.29) is 5.70 Å². The lowest BCUT2D eigenvalue weighted by Crippen LogP contribution is -2.24. The first-order valence-electron chi connectivity index (χ1n) is 3.85. The van der Waals surface area contributed by atoms with Crippen LogP contribution in [0.2, 0.25) is 0 Å². The Kier molecular flexibility index (Phi) is 3.06. The fourth-order valence-corrected chi connectivity index (χ4v) is 0.857. The highest BCUT2D eigenvalue weighted by molar-refractivity contribution is 5.95. The van der Waals surface area contributed by atoms with Gasteiger partial charge in [0, 0.05) is 13.0 Å². The van der Waals surface area contributed by atoms with Crippen LogP contribution in [0.3, 0.4) is 0 Å². The van der Waals surface area contributed by atoms with Gasteiger partial charge in [0.25, 0.3) is 0 Å². The molecule has 0 bridgehead atoms. The van der Waals surface area contributed by atoms with Gasteiger partial charge in [-0.05, 0) is 12.1 Å². The first kappa shape index (κ1) is 10.0. The Morgan fingerprint density at radius 1 is 1.57 bits per heavy atom. The van der Waals surface area contributed by atoms with E-state index in [1.807, 2.05) is 0 Å². The summed E-state index contributed by atoms with van der Waals surface area (Å²) in [4.78, 5) is 21.3. The van der Waals surface area contributed by atoms with Crippen LogP contribution in [0.25, 0.3) is 6.08 Å². The molecule has 0 aliphatic carbocycles. The van der Waals surface area contributed by atoms with Gasteiger partial charge >= 0.3 is 5.97 Å². The second-order valence-electron chi connectivity index (χ2n) is 2.56. The zero-order valence-corrected chi connectivity index (χ0v) is 7.48. The normalized spacial score (nSPS) is 11.1. The van der Waals surface area contributed by atoms with Crippen LogP contribution in [-0.2, 0) is 9.59 Å². The average molecular weight is 195 g/mol. The van der Waals surface area contributed by atoms with E-state index in [0.717, 1.165) is 0 Å². The molecule has 1 aromatic rings. The molecule has 1 rings (SSSR count). The van der Waals surface area contributed by atoms with Gasteiger partial charge in [-0.2, -0.15) is 0 Å². The third-order valence-electron chi connectivity index (χ3n) is 1.37. The number of nitrogens with one attached hydrogen (secondary N) is 1. The van der Waals surface area contributed by atoms with Crippen molar-refractivity contribution in [3.05, 3.63) is 29.9 Å². The highest BCUT2D eigenvalue weighted by atomic mass is 16.4. The zero-order chi connectivity index (χ0) is 10.6. The van der Waals surface area contributed by atoms with E-state index >= 15 is 0 Å². The molecule has 5 heteroatoms. The molecule has 74 valence electrons. The monoisotopic (exact) mass is 195 g/mol. The number of carbonyl (C=O) groups excluding carboxylic acids is 1. The van der Waals surface area contributed by atoms with Gasteiger partial charge in [-0.25, -0.2) is 4.79 Å². The standard InChI is InChI=1S/C9H9NO4/c1-6(11)10-8(9(12)13)5-7-3-2-4-14-7/h2-5H,1H3,(H,10,11)(H,12,13)/b8-5+. The predicted molar refractivity (Wildman–Crippen MR) is 48.1 cm³/mol. The molecule has 0 aromatic carbocycles. The van der Waals surface area contributed by atoms with E-state index in [1.165, 1.54) is 19.3 Å². The Hall–Kier alpha value is -2.04. The van der Waals surface area contributed by atoms with Gasteiger partial charge in [0.15, 0.2) is 0 Å². The second-order valence-corrected chi connectivity index (χ2v) is 2.56. The Bertz CT molecular complexity index is 364. The van der Waals surface area contributed by atoms with E-state index < -0.39 is 11.9 Å². The maximum absolute atomic E-state index is 10.6. The fourth-order valence-electron chi connectivity index (χ4n) is 0.857.